The molecule has 0 bridgehead atoms. The van der Waals surface area contributed by atoms with Crippen molar-refractivity contribution in [3.8, 4) is 17.6 Å². The zero-order chi connectivity index (χ0) is 15.4. The third-order valence-corrected chi connectivity index (χ3v) is 3.93. The lowest BCUT2D eigenvalue weighted by Crippen LogP contribution is -2.42. The Kier molecular flexibility index (Phi) is 4.69. The van der Waals surface area contributed by atoms with E-state index in [1.54, 1.807) is 19.1 Å². The van der Waals surface area contributed by atoms with Crippen molar-refractivity contribution >= 4 is 5.91 Å². The number of hydrogen-bond acceptors (Lipinski definition) is 4. The van der Waals surface area contributed by atoms with Crippen LogP contribution in [-0.2, 0) is 11.2 Å². The first kappa shape index (κ1) is 15.2. The minimum atomic E-state index is -0.197. The molecule has 1 amide bonds. The minimum Gasteiger partial charge on any atom is -0.497 e. The summed E-state index contributed by atoms with van der Waals surface area (Å²) >= 11 is 0. The van der Waals surface area contributed by atoms with Crippen LogP contribution in [0.1, 0.15) is 18.9 Å². The Hall–Kier alpha value is -2.22. The lowest BCUT2D eigenvalue weighted by Gasteiger charge is -2.30. The summed E-state index contributed by atoms with van der Waals surface area (Å²) in [5, 5.41) is 8.73. The van der Waals surface area contributed by atoms with Gasteiger partial charge in [0.05, 0.1) is 25.5 Å². The van der Waals surface area contributed by atoms with Gasteiger partial charge in [-0.25, -0.2) is 0 Å². The van der Waals surface area contributed by atoms with Crippen molar-refractivity contribution in [2.75, 3.05) is 20.8 Å². The molecule has 1 heterocycles. The number of hydrogen-bond donors (Lipinski definition) is 0. The summed E-state index contributed by atoms with van der Waals surface area (Å²) in [6.45, 7) is 2.24. The predicted molar refractivity (Wildman–Crippen MR) is 78.1 cm³/mol. The molecular formula is C16H20N2O3. The second-order valence-corrected chi connectivity index (χ2v) is 5.35. The number of nitrogens with zero attached hydrogens (tertiary/aromatic N) is 2. The molecule has 0 N–H and O–H groups in total. The molecule has 1 aromatic rings. The van der Waals surface area contributed by atoms with Crippen molar-refractivity contribution in [3.63, 3.8) is 0 Å². The van der Waals surface area contributed by atoms with E-state index in [9.17, 15) is 4.79 Å². The Morgan fingerprint density at radius 3 is 3.05 bits per heavy atom. The normalized spacial score (nSPS) is 17.9. The molecule has 5 heteroatoms. The van der Waals surface area contributed by atoms with Crippen molar-refractivity contribution in [1.82, 2.24) is 4.90 Å². The highest BCUT2D eigenvalue weighted by Gasteiger charge is 2.30. The summed E-state index contributed by atoms with van der Waals surface area (Å²) in [5.41, 5.74) is 1.02. The molecule has 0 spiro atoms. The number of rotatable bonds is 4. The SMILES string of the molecule is COc1ccc2c(c1)OCC(C(=O)N(C)C(C)CC#N)C2. The van der Waals surface area contributed by atoms with Gasteiger partial charge < -0.3 is 14.4 Å². The number of fused-ring (bicyclic) bond motifs is 1. The van der Waals surface area contributed by atoms with Crippen molar-refractivity contribution in [3.05, 3.63) is 23.8 Å². The van der Waals surface area contributed by atoms with E-state index >= 15 is 0 Å². The molecule has 2 rings (SSSR count). The summed E-state index contributed by atoms with van der Waals surface area (Å²) in [7, 11) is 3.36. The first-order chi connectivity index (χ1) is 10.1. The van der Waals surface area contributed by atoms with Gasteiger partial charge in [0.15, 0.2) is 0 Å². The van der Waals surface area contributed by atoms with E-state index in [0.29, 0.717) is 19.4 Å². The number of nitriles is 1. The Morgan fingerprint density at radius 2 is 2.38 bits per heavy atom. The first-order valence-electron chi connectivity index (χ1n) is 7.00. The molecular weight excluding hydrogens is 268 g/mol. The van der Waals surface area contributed by atoms with Gasteiger partial charge in [-0.15, -0.1) is 0 Å². The lowest BCUT2D eigenvalue weighted by molar-refractivity contribution is -0.137. The Labute approximate surface area is 125 Å². The smallest absolute Gasteiger partial charge is 0.229 e. The van der Waals surface area contributed by atoms with Crippen molar-refractivity contribution in [1.29, 1.82) is 5.26 Å². The summed E-state index contributed by atoms with van der Waals surface area (Å²) in [6, 6.07) is 7.67. The maximum atomic E-state index is 12.5. The summed E-state index contributed by atoms with van der Waals surface area (Å²) in [6.07, 6.45) is 0.991. The van der Waals surface area contributed by atoms with E-state index < -0.39 is 0 Å². The van der Waals surface area contributed by atoms with Crippen LogP contribution in [0.2, 0.25) is 0 Å². The number of carbonyl (C=O) groups excluding carboxylic acids is 1. The second-order valence-electron chi connectivity index (χ2n) is 5.35. The van der Waals surface area contributed by atoms with Crippen LogP contribution < -0.4 is 9.47 Å². The van der Waals surface area contributed by atoms with E-state index in [2.05, 4.69) is 6.07 Å². The predicted octanol–water partition coefficient (Wildman–Crippen LogP) is 2.01. The van der Waals surface area contributed by atoms with E-state index in [1.165, 1.54) is 0 Å². The first-order valence-corrected chi connectivity index (χ1v) is 7.00. The average Bonchev–Trinajstić information content (AvgIpc) is 2.52. The number of amides is 1. The lowest BCUT2D eigenvalue weighted by atomic mass is 9.95. The minimum absolute atomic E-state index is 0.0271. The van der Waals surface area contributed by atoms with Crippen LogP contribution in [0.15, 0.2) is 18.2 Å². The zero-order valence-electron chi connectivity index (χ0n) is 12.6. The monoisotopic (exact) mass is 288 g/mol. The van der Waals surface area contributed by atoms with Gasteiger partial charge in [0, 0.05) is 19.2 Å². The van der Waals surface area contributed by atoms with Gasteiger partial charge in [-0.3, -0.25) is 4.79 Å². The van der Waals surface area contributed by atoms with Gasteiger partial charge in [0.25, 0.3) is 0 Å². The Balaban J connectivity index is 2.07. The van der Waals surface area contributed by atoms with Crippen LogP contribution in [0.25, 0.3) is 0 Å². The molecule has 1 aliphatic heterocycles. The van der Waals surface area contributed by atoms with Gasteiger partial charge in [0.2, 0.25) is 5.91 Å². The number of methoxy groups -OCH3 is 1. The molecule has 2 atom stereocenters. The molecule has 0 aromatic heterocycles. The fourth-order valence-corrected chi connectivity index (χ4v) is 2.41. The maximum Gasteiger partial charge on any atom is 0.229 e. The fourth-order valence-electron chi connectivity index (χ4n) is 2.41. The zero-order valence-corrected chi connectivity index (χ0v) is 12.6. The van der Waals surface area contributed by atoms with Gasteiger partial charge >= 0.3 is 0 Å². The van der Waals surface area contributed by atoms with E-state index in [4.69, 9.17) is 14.7 Å². The van der Waals surface area contributed by atoms with Gasteiger partial charge in [0.1, 0.15) is 18.1 Å². The van der Waals surface area contributed by atoms with Crippen molar-refractivity contribution < 1.29 is 14.3 Å². The summed E-state index contributed by atoms with van der Waals surface area (Å²) in [4.78, 5) is 14.1. The number of ether oxygens (including phenoxy) is 2. The molecule has 0 aliphatic carbocycles. The highest BCUT2D eigenvalue weighted by molar-refractivity contribution is 5.80. The Morgan fingerprint density at radius 1 is 1.62 bits per heavy atom. The third kappa shape index (κ3) is 3.27. The van der Waals surface area contributed by atoms with Crippen molar-refractivity contribution in [2.24, 2.45) is 5.92 Å². The fraction of sp³-hybridized carbons (Fsp3) is 0.500. The molecule has 1 aliphatic rings. The molecule has 5 nitrogen and oxygen atoms in total. The molecule has 21 heavy (non-hydrogen) atoms. The molecule has 112 valence electrons. The van der Waals surface area contributed by atoms with Crippen LogP contribution in [0, 0.1) is 17.2 Å². The second kappa shape index (κ2) is 6.49. The largest absolute Gasteiger partial charge is 0.497 e. The molecule has 1 aromatic carbocycles. The van der Waals surface area contributed by atoms with Crippen LogP contribution >= 0.6 is 0 Å². The highest BCUT2D eigenvalue weighted by Crippen LogP contribution is 2.31. The third-order valence-electron chi connectivity index (χ3n) is 3.93. The molecule has 0 saturated heterocycles. The van der Waals surface area contributed by atoms with Crippen LogP contribution in [0.4, 0.5) is 0 Å². The average molecular weight is 288 g/mol. The van der Waals surface area contributed by atoms with E-state index in [-0.39, 0.29) is 17.9 Å². The van der Waals surface area contributed by atoms with Gasteiger partial charge in [-0.1, -0.05) is 6.07 Å². The Bertz CT molecular complexity index is 565. The standard InChI is InChI=1S/C16H20N2O3/c1-11(6-7-17)18(2)16(19)13-8-12-4-5-14(20-3)9-15(12)21-10-13/h4-5,9,11,13H,6,8,10H2,1-3H3. The van der Waals surface area contributed by atoms with Gasteiger partial charge in [-0.05, 0) is 25.0 Å². The van der Waals surface area contributed by atoms with Crippen LogP contribution in [-0.4, -0.2) is 37.6 Å². The number of benzene rings is 1. The molecule has 0 fully saturated rings. The van der Waals surface area contributed by atoms with E-state index in [1.807, 2.05) is 25.1 Å². The highest BCUT2D eigenvalue weighted by atomic mass is 16.5. The molecule has 0 radical (unpaired) electrons. The maximum absolute atomic E-state index is 12.5. The molecule has 0 saturated carbocycles. The van der Waals surface area contributed by atoms with Crippen molar-refractivity contribution in [2.45, 2.75) is 25.8 Å². The quantitative estimate of drug-likeness (QED) is 0.850. The topological polar surface area (TPSA) is 62.6 Å². The van der Waals surface area contributed by atoms with Crippen LogP contribution in [0.5, 0.6) is 11.5 Å². The summed E-state index contributed by atoms with van der Waals surface area (Å²) < 4.78 is 10.9. The van der Waals surface area contributed by atoms with E-state index in [0.717, 1.165) is 17.1 Å². The number of carbonyl (C=O) groups is 1. The van der Waals surface area contributed by atoms with Gasteiger partial charge in [-0.2, -0.15) is 5.26 Å². The summed E-state index contributed by atoms with van der Waals surface area (Å²) in [5.74, 6) is 1.36. The molecule has 2 unspecified atom stereocenters. The van der Waals surface area contributed by atoms with Crippen LogP contribution in [0.3, 0.4) is 0 Å².